The van der Waals surface area contributed by atoms with Crippen molar-refractivity contribution in [2.75, 3.05) is 7.11 Å². The fourth-order valence-electron chi connectivity index (χ4n) is 2.71. The molecule has 1 saturated carbocycles. The van der Waals surface area contributed by atoms with Crippen LogP contribution in [0.1, 0.15) is 49.7 Å². The second-order valence-corrected chi connectivity index (χ2v) is 6.59. The van der Waals surface area contributed by atoms with Crippen molar-refractivity contribution in [3.8, 4) is 0 Å². The summed E-state index contributed by atoms with van der Waals surface area (Å²) in [4.78, 5) is 15.7. The monoisotopic (exact) mass is 281 g/mol. The summed E-state index contributed by atoms with van der Waals surface area (Å²) in [5.41, 5.74) is 0.851. The molecule has 3 nitrogen and oxygen atoms in total. The molecular formula is C15H23NO2S. The van der Waals surface area contributed by atoms with E-state index in [4.69, 9.17) is 0 Å². The maximum atomic E-state index is 11.2. The summed E-state index contributed by atoms with van der Waals surface area (Å²) < 4.78 is 4.65. The van der Waals surface area contributed by atoms with Crippen LogP contribution in [0.3, 0.4) is 0 Å². The molecule has 0 spiro atoms. The number of hydrogen-bond donors (Lipinski definition) is 0. The summed E-state index contributed by atoms with van der Waals surface area (Å²) in [6, 6.07) is 0. The Morgan fingerprint density at radius 2 is 2.16 bits per heavy atom. The first-order valence-electron chi connectivity index (χ1n) is 7.17. The van der Waals surface area contributed by atoms with Gasteiger partial charge in [0.1, 0.15) is 0 Å². The Hall–Kier alpha value is -0.900. The molecule has 0 aliphatic heterocycles. The molecule has 0 radical (unpaired) electrons. The number of aryl methyl sites for hydroxylation is 1. The number of aromatic nitrogens is 1. The van der Waals surface area contributed by atoms with E-state index in [1.54, 1.807) is 11.3 Å². The molecule has 0 N–H and O–H groups in total. The molecule has 1 heterocycles. The van der Waals surface area contributed by atoms with Crippen LogP contribution in [0.4, 0.5) is 0 Å². The first kappa shape index (κ1) is 14.5. The van der Waals surface area contributed by atoms with Gasteiger partial charge in [0, 0.05) is 5.38 Å². The molecular weight excluding hydrogens is 258 g/mol. The Bertz CT molecular complexity index is 408. The minimum absolute atomic E-state index is 0.210. The van der Waals surface area contributed by atoms with Crippen LogP contribution in [0.25, 0.3) is 0 Å². The lowest BCUT2D eigenvalue weighted by Crippen LogP contribution is -2.12. The van der Waals surface area contributed by atoms with E-state index in [1.807, 2.05) is 5.38 Å². The highest BCUT2D eigenvalue weighted by atomic mass is 32.1. The van der Waals surface area contributed by atoms with Crippen molar-refractivity contribution in [2.24, 2.45) is 11.8 Å². The largest absolute Gasteiger partial charge is 0.469 e. The third kappa shape index (κ3) is 4.60. The fourth-order valence-corrected chi connectivity index (χ4v) is 3.52. The van der Waals surface area contributed by atoms with Crippen LogP contribution in [-0.2, 0) is 22.4 Å². The summed E-state index contributed by atoms with van der Waals surface area (Å²) in [5, 5.41) is 3.15. The predicted octanol–water partition coefficient (Wildman–Crippen LogP) is 3.62. The number of carbonyl (C=O) groups is 1. The molecule has 106 valence electrons. The van der Waals surface area contributed by atoms with E-state index in [1.165, 1.54) is 39.2 Å². The molecule has 0 bridgehead atoms. The molecule has 1 aromatic rings. The lowest BCUT2D eigenvalue weighted by molar-refractivity contribution is -0.139. The second kappa shape index (κ2) is 7.04. The zero-order valence-electron chi connectivity index (χ0n) is 11.9. The molecule has 0 saturated heterocycles. The SMILES string of the molecule is COC(=O)Cc1csc(CCC2CCC(C)CC2)n1. The van der Waals surface area contributed by atoms with Crippen molar-refractivity contribution in [3.63, 3.8) is 0 Å². The van der Waals surface area contributed by atoms with E-state index in [9.17, 15) is 4.79 Å². The average Bonchev–Trinajstić information content (AvgIpc) is 2.85. The van der Waals surface area contributed by atoms with Gasteiger partial charge in [-0.3, -0.25) is 4.79 Å². The van der Waals surface area contributed by atoms with E-state index < -0.39 is 0 Å². The Balaban J connectivity index is 1.75. The summed E-state index contributed by atoms with van der Waals surface area (Å²) >= 11 is 1.67. The summed E-state index contributed by atoms with van der Waals surface area (Å²) in [6.07, 6.45) is 8.13. The fraction of sp³-hybridized carbons (Fsp3) is 0.733. The van der Waals surface area contributed by atoms with E-state index >= 15 is 0 Å². The number of ether oxygens (including phenoxy) is 1. The highest BCUT2D eigenvalue weighted by Gasteiger charge is 2.18. The highest BCUT2D eigenvalue weighted by molar-refractivity contribution is 7.09. The number of rotatable bonds is 5. The summed E-state index contributed by atoms with van der Waals surface area (Å²) in [7, 11) is 1.42. The van der Waals surface area contributed by atoms with Crippen LogP contribution in [0.5, 0.6) is 0 Å². The Kier molecular flexibility index (Phi) is 5.37. The van der Waals surface area contributed by atoms with Gasteiger partial charge in [0.15, 0.2) is 0 Å². The number of methoxy groups -OCH3 is 1. The molecule has 1 aromatic heterocycles. The zero-order valence-corrected chi connectivity index (χ0v) is 12.7. The van der Waals surface area contributed by atoms with Gasteiger partial charge in [-0.15, -0.1) is 11.3 Å². The van der Waals surface area contributed by atoms with Gasteiger partial charge < -0.3 is 4.74 Å². The standard InChI is InChI=1S/C15H23NO2S/c1-11-3-5-12(6-4-11)7-8-14-16-13(10-19-14)9-15(17)18-2/h10-12H,3-9H2,1-2H3. The van der Waals surface area contributed by atoms with Gasteiger partial charge in [-0.05, 0) is 24.7 Å². The number of hydrogen-bond acceptors (Lipinski definition) is 4. The van der Waals surface area contributed by atoms with Gasteiger partial charge in [-0.1, -0.05) is 32.6 Å². The van der Waals surface area contributed by atoms with E-state index in [0.717, 1.165) is 29.0 Å². The smallest absolute Gasteiger partial charge is 0.311 e. The minimum atomic E-state index is -0.210. The zero-order chi connectivity index (χ0) is 13.7. The van der Waals surface area contributed by atoms with Gasteiger partial charge in [0.05, 0.1) is 24.2 Å². The van der Waals surface area contributed by atoms with E-state index in [-0.39, 0.29) is 5.97 Å². The van der Waals surface area contributed by atoms with Crippen LogP contribution in [0.2, 0.25) is 0 Å². The highest BCUT2D eigenvalue weighted by Crippen LogP contribution is 2.31. The molecule has 0 atom stereocenters. The molecule has 0 amide bonds. The normalized spacial score (nSPS) is 23.3. The van der Waals surface area contributed by atoms with Crippen LogP contribution in [-0.4, -0.2) is 18.1 Å². The van der Waals surface area contributed by atoms with Crippen molar-refractivity contribution in [3.05, 3.63) is 16.1 Å². The lowest BCUT2D eigenvalue weighted by atomic mass is 9.81. The van der Waals surface area contributed by atoms with Gasteiger partial charge in [0.25, 0.3) is 0 Å². The minimum Gasteiger partial charge on any atom is -0.469 e. The molecule has 0 unspecified atom stereocenters. The molecule has 1 aliphatic carbocycles. The first-order valence-corrected chi connectivity index (χ1v) is 8.05. The number of nitrogens with zero attached hydrogens (tertiary/aromatic N) is 1. The van der Waals surface area contributed by atoms with Gasteiger partial charge in [-0.2, -0.15) is 0 Å². The van der Waals surface area contributed by atoms with Crippen LogP contribution in [0, 0.1) is 11.8 Å². The quantitative estimate of drug-likeness (QED) is 0.774. The summed E-state index contributed by atoms with van der Waals surface area (Å²) in [6.45, 7) is 2.36. The maximum absolute atomic E-state index is 11.2. The molecule has 2 rings (SSSR count). The molecule has 19 heavy (non-hydrogen) atoms. The summed E-state index contributed by atoms with van der Waals surface area (Å²) in [5.74, 6) is 1.59. The second-order valence-electron chi connectivity index (χ2n) is 5.65. The lowest BCUT2D eigenvalue weighted by Gasteiger charge is -2.25. The van der Waals surface area contributed by atoms with Crippen LogP contribution < -0.4 is 0 Å². The Labute approximate surface area is 119 Å². The topological polar surface area (TPSA) is 39.2 Å². The van der Waals surface area contributed by atoms with Crippen molar-refractivity contribution in [1.82, 2.24) is 4.98 Å². The first-order chi connectivity index (χ1) is 9.17. The van der Waals surface area contributed by atoms with Crippen molar-refractivity contribution < 1.29 is 9.53 Å². The third-order valence-electron chi connectivity index (χ3n) is 4.05. The van der Waals surface area contributed by atoms with Crippen molar-refractivity contribution >= 4 is 17.3 Å². The van der Waals surface area contributed by atoms with Crippen molar-refractivity contribution in [2.45, 2.75) is 51.9 Å². The van der Waals surface area contributed by atoms with Gasteiger partial charge >= 0.3 is 5.97 Å². The molecule has 1 aliphatic rings. The molecule has 4 heteroatoms. The van der Waals surface area contributed by atoms with E-state index in [0.29, 0.717) is 6.42 Å². The predicted molar refractivity (Wildman–Crippen MR) is 77.3 cm³/mol. The van der Waals surface area contributed by atoms with Crippen LogP contribution >= 0.6 is 11.3 Å². The number of esters is 1. The van der Waals surface area contributed by atoms with Crippen molar-refractivity contribution in [1.29, 1.82) is 0 Å². The number of carbonyl (C=O) groups excluding carboxylic acids is 1. The van der Waals surface area contributed by atoms with Crippen LogP contribution in [0.15, 0.2) is 5.38 Å². The Morgan fingerprint density at radius 3 is 2.84 bits per heavy atom. The Morgan fingerprint density at radius 1 is 1.42 bits per heavy atom. The van der Waals surface area contributed by atoms with Gasteiger partial charge in [0.2, 0.25) is 0 Å². The molecule has 0 aromatic carbocycles. The molecule has 1 fully saturated rings. The number of thiazole rings is 1. The average molecular weight is 281 g/mol. The maximum Gasteiger partial charge on any atom is 0.311 e. The third-order valence-corrected chi connectivity index (χ3v) is 5.01. The van der Waals surface area contributed by atoms with E-state index in [2.05, 4.69) is 16.6 Å². The van der Waals surface area contributed by atoms with Gasteiger partial charge in [-0.25, -0.2) is 4.98 Å².